The van der Waals surface area contributed by atoms with E-state index in [1.54, 1.807) is 40.0 Å². The van der Waals surface area contributed by atoms with Crippen molar-refractivity contribution in [1.29, 1.82) is 0 Å². The molecule has 2 unspecified atom stereocenters. The molecule has 0 spiro atoms. The minimum absolute atomic E-state index is 0.0629. The van der Waals surface area contributed by atoms with Crippen LogP contribution in [0, 0.1) is 35.5 Å². The molecule has 5 rings (SSSR count). The van der Waals surface area contributed by atoms with E-state index in [1.807, 2.05) is 58.0 Å². The number of ether oxygens (including phenoxy) is 5. The number of hydrogen-bond donors (Lipinski definition) is 5. The summed E-state index contributed by atoms with van der Waals surface area (Å²) in [5, 5.41) is 49.4. The van der Waals surface area contributed by atoms with E-state index < -0.39 is 90.0 Å². The predicted molar refractivity (Wildman–Crippen MR) is 276 cm³/mol. The number of methoxy groups -OCH3 is 3. The number of amides is 1. The van der Waals surface area contributed by atoms with Gasteiger partial charge in [0.2, 0.25) is 5.79 Å². The average Bonchev–Trinajstić information content (AvgIpc) is 3.37. The van der Waals surface area contributed by atoms with Crippen LogP contribution < -0.4 is 5.32 Å². The number of carbonyl (C=O) groups is 5. The molecule has 4 aliphatic rings. The number of ketones is 3. The van der Waals surface area contributed by atoms with Crippen molar-refractivity contribution >= 4 is 34.9 Å². The number of anilines is 1. The number of Topliss-reactive ketones (excluding diaryl/α,β-unsaturated/α-hetero) is 3. The van der Waals surface area contributed by atoms with Crippen molar-refractivity contribution in [2.75, 3.05) is 33.2 Å². The molecule has 3 heterocycles. The van der Waals surface area contributed by atoms with Gasteiger partial charge in [0, 0.05) is 70.2 Å². The number of nitrogens with one attached hydrogen (secondary N) is 1. The number of carbonyl (C=O) groups excluding carboxylic acids is 5. The van der Waals surface area contributed by atoms with E-state index in [2.05, 4.69) is 5.32 Å². The number of fused-ring (bicyclic) bond motifs is 3. The maximum atomic E-state index is 14.5. The highest BCUT2D eigenvalue weighted by atomic mass is 16.6. The molecule has 410 valence electrons. The molecular weight excluding hydrogens is 937 g/mol. The number of benzene rings is 1. The summed E-state index contributed by atoms with van der Waals surface area (Å²) in [4.78, 5) is 72.8. The number of rotatable bonds is 8. The van der Waals surface area contributed by atoms with Crippen LogP contribution in [-0.4, -0.2) is 149 Å². The first kappa shape index (κ1) is 60.0. The zero-order chi connectivity index (χ0) is 53.7. The lowest BCUT2D eigenvalue weighted by atomic mass is 9.78. The van der Waals surface area contributed by atoms with Crippen molar-refractivity contribution < 1.29 is 68.1 Å². The second kappa shape index (κ2) is 27.8. The van der Waals surface area contributed by atoms with Crippen molar-refractivity contribution in [3.63, 3.8) is 0 Å². The molecule has 0 radical (unpaired) electrons. The van der Waals surface area contributed by atoms with E-state index in [4.69, 9.17) is 23.7 Å². The Bertz CT molecular complexity index is 2050. The highest BCUT2D eigenvalue weighted by Gasteiger charge is 2.53. The molecule has 73 heavy (non-hydrogen) atoms. The molecule has 1 aliphatic carbocycles. The number of allylic oxidation sites excluding steroid dienone is 1. The molecule has 17 atom stereocenters. The van der Waals surface area contributed by atoms with E-state index in [-0.39, 0.29) is 67.3 Å². The third-order valence-corrected chi connectivity index (χ3v) is 16.5. The number of para-hydroxylation sites is 1. The van der Waals surface area contributed by atoms with Gasteiger partial charge < -0.3 is 54.3 Å². The number of cyclic esters (lactones) is 1. The summed E-state index contributed by atoms with van der Waals surface area (Å²) in [6, 6.07) is 8.36. The van der Waals surface area contributed by atoms with Crippen LogP contribution in [0.1, 0.15) is 138 Å². The Morgan fingerprint density at radius 2 is 1.52 bits per heavy atom. The van der Waals surface area contributed by atoms with Gasteiger partial charge in [-0.15, -0.1) is 0 Å². The molecule has 5 N–H and O–H groups in total. The molecule has 16 nitrogen and oxygen atoms in total. The van der Waals surface area contributed by atoms with Gasteiger partial charge in [0.1, 0.15) is 30.1 Å². The lowest BCUT2D eigenvalue weighted by Crippen LogP contribution is -2.61. The Hall–Kier alpha value is -3.87. The van der Waals surface area contributed by atoms with E-state index in [9.17, 15) is 44.4 Å². The summed E-state index contributed by atoms with van der Waals surface area (Å²) < 4.78 is 29.7. The van der Waals surface area contributed by atoms with E-state index in [0.29, 0.717) is 76.2 Å². The third kappa shape index (κ3) is 15.8. The van der Waals surface area contributed by atoms with Gasteiger partial charge in [-0.1, -0.05) is 65.0 Å². The first-order valence-electron chi connectivity index (χ1n) is 26.9. The van der Waals surface area contributed by atoms with Gasteiger partial charge in [0.15, 0.2) is 5.78 Å². The van der Waals surface area contributed by atoms with Gasteiger partial charge >= 0.3 is 5.97 Å². The molecule has 2 saturated heterocycles. The molecule has 1 saturated carbocycles. The SMILES string of the molecule is CO[C@H]1C[C@@H]2CC[C@@H](C)[C@@](O)(O2)C(=O)C(=O)N2CCCC[C@H]2C(=O)O[C@H]([C@H](C)C[C@@H]2CC[C@@H](O)[C@H](OC)C2)CC(=O)[C@H](C)/C=C(\C)[C@@H](O)[C@@H](OC)C(=O)[C@H](C)C[C@H](C)C(Nc2ccccc2)CCC(O)/C=C/1C. The van der Waals surface area contributed by atoms with Crippen LogP contribution in [0.15, 0.2) is 53.6 Å². The minimum Gasteiger partial charge on any atom is -0.460 e. The molecule has 3 fully saturated rings. The van der Waals surface area contributed by atoms with Crippen molar-refractivity contribution in [2.45, 2.75) is 205 Å². The fourth-order valence-corrected chi connectivity index (χ4v) is 11.7. The van der Waals surface area contributed by atoms with Gasteiger partial charge in [0.05, 0.1) is 30.5 Å². The van der Waals surface area contributed by atoms with Gasteiger partial charge in [0.25, 0.3) is 11.7 Å². The first-order chi connectivity index (χ1) is 34.6. The van der Waals surface area contributed by atoms with Crippen LogP contribution in [0.4, 0.5) is 5.69 Å². The highest BCUT2D eigenvalue weighted by Crippen LogP contribution is 2.38. The lowest BCUT2D eigenvalue weighted by molar-refractivity contribution is -0.265. The van der Waals surface area contributed by atoms with E-state index in [1.165, 1.54) is 19.1 Å². The number of aliphatic hydroxyl groups is 4. The third-order valence-electron chi connectivity index (χ3n) is 16.5. The zero-order valence-electron chi connectivity index (χ0n) is 45.2. The second-order valence-electron chi connectivity index (χ2n) is 22.1. The molecule has 16 heteroatoms. The summed E-state index contributed by atoms with van der Waals surface area (Å²) in [5.41, 5.74) is 1.97. The highest BCUT2D eigenvalue weighted by molar-refractivity contribution is 6.39. The normalized spacial score (nSPS) is 38.8. The summed E-state index contributed by atoms with van der Waals surface area (Å²) >= 11 is 0. The average molecular weight is 1030 g/mol. The second-order valence-corrected chi connectivity index (χ2v) is 22.1. The smallest absolute Gasteiger partial charge is 0.329 e. The number of nitrogens with zero attached hydrogens (tertiary/aromatic N) is 1. The maximum Gasteiger partial charge on any atom is 0.329 e. The van der Waals surface area contributed by atoms with Crippen molar-refractivity contribution in [3.05, 3.63) is 53.6 Å². The van der Waals surface area contributed by atoms with Crippen LogP contribution in [0.2, 0.25) is 0 Å². The topological polar surface area (TPSA) is 228 Å². The van der Waals surface area contributed by atoms with Gasteiger partial charge in [-0.05, 0) is 132 Å². The number of piperidine rings is 1. The summed E-state index contributed by atoms with van der Waals surface area (Å²) in [7, 11) is 4.47. The fraction of sp³-hybridized carbons (Fsp3) is 0.737. The number of hydrogen-bond acceptors (Lipinski definition) is 15. The minimum atomic E-state index is -2.49. The standard InChI is InChI=1S/C57H88N2O14/c1-33-26-37(5)51(63)53(71-10)52(64)38(6)27-34(2)47(62)32-49(35(3)28-40-20-24-46(61)50(30-40)70-9)72-56(67)45-18-14-15-25-59(45)55(66)54(65)57(68)39(7)19-22-43(73-57)31-48(69-8)36(4)29-42(60)21-23-44(33)58-41-16-12-11-13-17-41/h11-13,16-17,27,29,33-35,37,39-40,42-46,48-50,52-53,58,60-61,64,68H,14-15,18-26,28,30-32H2,1-10H3/b36-29+,38-27+/t33-,34+,35+,37+,39+,40-,42?,43-,44?,45-,46+,48-,49-,50+,52+,53-,57+/m0/s1. The van der Waals surface area contributed by atoms with Crippen molar-refractivity contribution in [1.82, 2.24) is 4.90 Å². The fourth-order valence-electron chi connectivity index (χ4n) is 11.7. The Balaban J connectivity index is 1.49. The summed E-state index contributed by atoms with van der Waals surface area (Å²) in [6.45, 7) is 12.7. The monoisotopic (exact) mass is 1020 g/mol. The lowest BCUT2D eigenvalue weighted by Gasteiger charge is -2.42. The molecule has 2 bridgehead atoms. The Kier molecular flexibility index (Phi) is 22.8. The van der Waals surface area contributed by atoms with Crippen LogP contribution in [0.25, 0.3) is 0 Å². The summed E-state index contributed by atoms with van der Waals surface area (Å²) in [5.74, 6) is -8.48. The Labute approximate surface area is 434 Å². The molecule has 1 amide bonds. The van der Waals surface area contributed by atoms with Crippen LogP contribution in [-0.2, 0) is 47.7 Å². The predicted octanol–water partition coefficient (Wildman–Crippen LogP) is 6.69. The van der Waals surface area contributed by atoms with Gasteiger partial charge in [-0.3, -0.25) is 19.2 Å². The maximum absolute atomic E-state index is 14.5. The first-order valence-corrected chi connectivity index (χ1v) is 26.9. The van der Waals surface area contributed by atoms with Crippen LogP contribution in [0.3, 0.4) is 0 Å². The summed E-state index contributed by atoms with van der Waals surface area (Å²) in [6.07, 6.45) is 2.55. The van der Waals surface area contributed by atoms with Gasteiger partial charge in [-0.25, -0.2) is 4.79 Å². The molecular formula is C57H88N2O14. The Morgan fingerprint density at radius 3 is 2.19 bits per heavy atom. The molecule has 3 aliphatic heterocycles. The van der Waals surface area contributed by atoms with E-state index in [0.717, 1.165) is 11.3 Å². The van der Waals surface area contributed by atoms with Crippen molar-refractivity contribution in [2.24, 2.45) is 35.5 Å². The quantitative estimate of drug-likeness (QED) is 0.104. The van der Waals surface area contributed by atoms with Crippen LogP contribution >= 0.6 is 0 Å². The molecule has 1 aromatic rings. The van der Waals surface area contributed by atoms with Gasteiger partial charge in [-0.2, -0.15) is 0 Å². The van der Waals surface area contributed by atoms with E-state index >= 15 is 0 Å². The largest absolute Gasteiger partial charge is 0.460 e. The number of esters is 1. The zero-order valence-corrected chi connectivity index (χ0v) is 45.2. The Morgan fingerprint density at radius 1 is 0.808 bits per heavy atom. The molecule has 1 aromatic carbocycles. The number of aliphatic hydroxyl groups excluding tert-OH is 3. The van der Waals surface area contributed by atoms with Crippen molar-refractivity contribution in [3.8, 4) is 0 Å². The molecule has 0 aromatic heterocycles. The van der Waals surface area contributed by atoms with Crippen LogP contribution in [0.5, 0.6) is 0 Å².